The zero-order valence-corrected chi connectivity index (χ0v) is 12.1. The minimum atomic E-state index is 0.421. The van der Waals surface area contributed by atoms with Crippen molar-refractivity contribution < 1.29 is 9.15 Å². The number of nitrogens with zero attached hydrogens (tertiary/aromatic N) is 2. The molecule has 6 heteroatoms. The van der Waals surface area contributed by atoms with Gasteiger partial charge < -0.3 is 14.5 Å². The van der Waals surface area contributed by atoms with E-state index >= 15 is 0 Å². The van der Waals surface area contributed by atoms with E-state index in [1.165, 1.54) is 0 Å². The molecule has 0 aromatic carbocycles. The molecule has 0 unspecified atom stereocenters. The van der Waals surface area contributed by atoms with E-state index < -0.39 is 0 Å². The lowest BCUT2D eigenvalue weighted by Crippen LogP contribution is -2.03. The van der Waals surface area contributed by atoms with E-state index in [9.17, 15) is 0 Å². The molecule has 2 aromatic rings. The first kappa shape index (κ1) is 13.9. The van der Waals surface area contributed by atoms with E-state index in [1.54, 1.807) is 18.0 Å². The first-order valence-corrected chi connectivity index (χ1v) is 6.90. The van der Waals surface area contributed by atoms with Crippen LogP contribution in [0.2, 0.25) is 0 Å². The molecule has 0 radical (unpaired) electrons. The summed E-state index contributed by atoms with van der Waals surface area (Å²) in [4.78, 5) is 9.90. The van der Waals surface area contributed by atoms with Gasteiger partial charge in [0.25, 0.3) is 0 Å². The molecule has 0 aliphatic rings. The number of furan rings is 1. The third kappa shape index (κ3) is 3.71. The number of anilines is 1. The summed E-state index contributed by atoms with van der Waals surface area (Å²) in [7, 11) is 1.84. The van der Waals surface area contributed by atoms with Crippen LogP contribution >= 0.6 is 11.8 Å². The van der Waals surface area contributed by atoms with Crippen molar-refractivity contribution in [3.8, 4) is 0 Å². The Kier molecular flexibility index (Phi) is 4.81. The molecule has 102 valence electrons. The number of hydrogen-bond acceptors (Lipinski definition) is 6. The van der Waals surface area contributed by atoms with Gasteiger partial charge in [0.2, 0.25) is 0 Å². The van der Waals surface area contributed by atoms with Gasteiger partial charge in [0, 0.05) is 19.7 Å². The molecular weight excluding hydrogens is 262 g/mol. The van der Waals surface area contributed by atoms with Crippen LogP contribution in [-0.2, 0) is 11.3 Å². The Morgan fingerprint density at radius 3 is 2.89 bits per heavy atom. The number of hydrogen-bond donors (Lipinski definition) is 1. The zero-order valence-electron chi connectivity index (χ0n) is 11.3. The van der Waals surface area contributed by atoms with E-state index in [1.807, 2.05) is 33.0 Å². The number of nitrogens with one attached hydrogen (secondary N) is 1. The minimum Gasteiger partial charge on any atom is -0.468 e. The first-order chi connectivity index (χ1) is 9.22. The highest BCUT2D eigenvalue weighted by Crippen LogP contribution is 2.30. The molecule has 19 heavy (non-hydrogen) atoms. The van der Waals surface area contributed by atoms with E-state index in [-0.39, 0.29) is 0 Å². The maximum Gasteiger partial charge on any atom is 0.157 e. The molecule has 0 aliphatic carbocycles. The van der Waals surface area contributed by atoms with Crippen LogP contribution in [0.1, 0.15) is 18.5 Å². The molecular formula is C13H17N3O2S. The monoisotopic (exact) mass is 279 g/mol. The molecule has 0 spiro atoms. The van der Waals surface area contributed by atoms with Crippen LogP contribution in [-0.4, -0.2) is 23.6 Å². The van der Waals surface area contributed by atoms with Crippen LogP contribution in [0.4, 0.5) is 5.82 Å². The summed E-state index contributed by atoms with van der Waals surface area (Å²) in [5.41, 5.74) is 0. The van der Waals surface area contributed by atoms with Crippen LogP contribution in [0.25, 0.3) is 0 Å². The van der Waals surface area contributed by atoms with Crippen molar-refractivity contribution >= 4 is 17.6 Å². The predicted octanol–water partition coefficient (Wildman–Crippen LogP) is 3.11. The van der Waals surface area contributed by atoms with Gasteiger partial charge in [0.1, 0.15) is 23.2 Å². The Labute approximate surface area is 116 Å². The smallest absolute Gasteiger partial charge is 0.157 e. The third-order valence-corrected chi connectivity index (χ3v) is 3.53. The SMILES string of the molecule is CCOCc1nc(NC)cc(Sc2ccoc2C)n1. The molecule has 0 saturated heterocycles. The molecule has 2 heterocycles. The molecule has 0 atom stereocenters. The number of aryl methyl sites for hydroxylation is 1. The second-order valence-electron chi connectivity index (χ2n) is 3.84. The van der Waals surface area contributed by atoms with Crippen molar-refractivity contribution in [2.24, 2.45) is 0 Å². The maximum atomic E-state index is 5.35. The Hall–Kier alpha value is -1.53. The molecule has 2 rings (SSSR count). The van der Waals surface area contributed by atoms with Crippen LogP contribution in [0, 0.1) is 6.92 Å². The Morgan fingerprint density at radius 2 is 2.26 bits per heavy atom. The normalized spacial score (nSPS) is 10.7. The van der Waals surface area contributed by atoms with Gasteiger partial charge in [-0.3, -0.25) is 0 Å². The predicted molar refractivity (Wildman–Crippen MR) is 74.5 cm³/mol. The fourth-order valence-corrected chi connectivity index (χ4v) is 2.37. The number of rotatable bonds is 6. The first-order valence-electron chi connectivity index (χ1n) is 6.08. The van der Waals surface area contributed by atoms with Crippen LogP contribution < -0.4 is 5.32 Å². The lowest BCUT2D eigenvalue weighted by Gasteiger charge is -2.07. The average Bonchev–Trinajstić information content (AvgIpc) is 2.81. The molecule has 5 nitrogen and oxygen atoms in total. The Morgan fingerprint density at radius 1 is 1.42 bits per heavy atom. The Balaban J connectivity index is 2.21. The van der Waals surface area contributed by atoms with Crippen molar-refractivity contribution in [1.82, 2.24) is 9.97 Å². The molecule has 0 amide bonds. The second-order valence-corrected chi connectivity index (χ2v) is 4.90. The van der Waals surface area contributed by atoms with Crippen LogP contribution in [0.3, 0.4) is 0 Å². The van der Waals surface area contributed by atoms with Crippen molar-refractivity contribution in [2.45, 2.75) is 30.4 Å². The van der Waals surface area contributed by atoms with Gasteiger partial charge >= 0.3 is 0 Å². The van der Waals surface area contributed by atoms with Crippen molar-refractivity contribution in [3.63, 3.8) is 0 Å². The van der Waals surface area contributed by atoms with E-state index in [0.717, 1.165) is 21.5 Å². The molecule has 1 N–H and O–H groups in total. The summed E-state index contributed by atoms with van der Waals surface area (Å²) in [5.74, 6) is 2.35. The maximum absolute atomic E-state index is 5.35. The molecule has 2 aromatic heterocycles. The van der Waals surface area contributed by atoms with Gasteiger partial charge in [-0.15, -0.1) is 0 Å². The molecule has 0 saturated carbocycles. The van der Waals surface area contributed by atoms with E-state index in [2.05, 4.69) is 15.3 Å². The summed E-state index contributed by atoms with van der Waals surface area (Å²) in [5, 5.41) is 3.91. The summed E-state index contributed by atoms with van der Waals surface area (Å²) < 4.78 is 10.6. The largest absolute Gasteiger partial charge is 0.468 e. The van der Waals surface area contributed by atoms with Crippen molar-refractivity contribution in [1.29, 1.82) is 0 Å². The lowest BCUT2D eigenvalue weighted by atomic mass is 10.5. The quantitative estimate of drug-likeness (QED) is 0.820. The number of aromatic nitrogens is 2. The summed E-state index contributed by atoms with van der Waals surface area (Å²) in [6, 6.07) is 3.84. The third-order valence-electron chi connectivity index (χ3n) is 2.47. The topological polar surface area (TPSA) is 60.2 Å². The minimum absolute atomic E-state index is 0.421. The molecule has 0 fully saturated rings. The highest BCUT2D eigenvalue weighted by Gasteiger charge is 2.08. The van der Waals surface area contributed by atoms with Crippen molar-refractivity contribution in [3.05, 3.63) is 30.0 Å². The fourth-order valence-electron chi connectivity index (χ4n) is 1.50. The van der Waals surface area contributed by atoms with Gasteiger partial charge in [0.15, 0.2) is 5.82 Å². The standard InChI is InChI=1S/C13H17N3O2S/c1-4-17-8-12-15-11(14-3)7-13(16-12)19-10-5-6-18-9(10)2/h5-7H,4,8H2,1-3H3,(H,14,15,16). The molecule has 0 bridgehead atoms. The summed E-state index contributed by atoms with van der Waals surface area (Å²) in [6.45, 7) is 4.95. The van der Waals surface area contributed by atoms with Gasteiger partial charge in [-0.1, -0.05) is 11.8 Å². The van der Waals surface area contributed by atoms with Gasteiger partial charge in [-0.05, 0) is 19.9 Å². The van der Waals surface area contributed by atoms with Crippen molar-refractivity contribution in [2.75, 3.05) is 19.0 Å². The fraction of sp³-hybridized carbons (Fsp3) is 0.385. The highest BCUT2D eigenvalue weighted by atomic mass is 32.2. The van der Waals surface area contributed by atoms with Gasteiger partial charge in [0.05, 0.1) is 11.2 Å². The van der Waals surface area contributed by atoms with E-state index in [4.69, 9.17) is 9.15 Å². The summed E-state index contributed by atoms with van der Waals surface area (Å²) >= 11 is 1.56. The van der Waals surface area contributed by atoms with Crippen LogP contribution in [0.15, 0.2) is 32.7 Å². The molecule has 0 aliphatic heterocycles. The zero-order chi connectivity index (χ0) is 13.7. The van der Waals surface area contributed by atoms with Gasteiger partial charge in [-0.25, -0.2) is 9.97 Å². The van der Waals surface area contributed by atoms with Gasteiger partial charge in [-0.2, -0.15) is 0 Å². The summed E-state index contributed by atoms with van der Waals surface area (Å²) in [6.07, 6.45) is 1.68. The van der Waals surface area contributed by atoms with Crippen LogP contribution in [0.5, 0.6) is 0 Å². The average molecular weight is 279 g/mol. The van der Waals surface area contributed by atoms with E-state index in [0.29, 0.717) is 19.0 Å². The second kappa shape index (κ2) is 6.58. The Bertz CT molecular complexity index is 542. The lowest BCUT2D eigenvalue weighted by molar-refractivity contribution is 0.128. The number of ether oxygens (including phenoxy) is 1. The highest BCUT2D eigenvalue weighted by molar-refractivity contribution is 7.99.